The van der Waals surface area contributed by atoms with Gasteiger partial charge >= 0.3 is 6.03 Å². The molecule has 4 heterocycles. The van der Waals surface area contributed by atoms with Crippen LogP contribution in [0.2, 0.25) is 0 Å². The summed E-state index contributed by atoms with van der Waals surface area (Å²) in [6.45, 7) is 3.41. The van der Waals surface area contributed by atoms with Crippen LogP contribution in [-0.2, 0) is 6.42 Å². The van der Waals surface area contributed by atoms with Gasteiger partial charge in [0.2, 0.25) is 6.79 Å². The molecule has 0 aromatic heterocycles. The SMILES string of the molecule is CN(C)C(=O)N1CCC[C@@H]2CN3CCc4cc5c(cc4[C@@H]3C[C@@H]21)OCO5.Cl. The van der Waals surface area contributed by atoms with Crippen LogP contribution in [0.1, 0.15) is 36.4 Å². The summed E-state index contributed by atoms with van der Waals surface area (Å²) in [5.41, 5.74) is 2.76. The number of carbonyl (C=O) groups excluding carboxylic acids is 1. The van der Waals surface area contributed by atoms with Crippen molar-refractivity contribution >= 4 is 18.4 Å². The zero-order valence-electron chi connectivity index (χ0n) is 16.0. The second kappa shape index (κ2) is 7.06. The van der Waals surface area contributed by atoms with Crippen molar-refractivity contribution in [3.63, 3.8) is 0 Å². The van der Waals surface area contributed by atoms with E-state index in [2.05, 4.69) is 21.9 Å². The highest BCUT2D eigenvalue weighted by atomic mass is 35.5. The van der Waals surface area contributed by atoms with Gasteiger partial charge < -0.3 is 19.3 Å². The Morgan fingerprint density at radius 3 is 2.74 bits per heavy atom. The topological polar surface area (TPSA) is 45.3 Å². The zero-order chi connectivity index (χ0) is 17.8. The van der Waals surface area contributed by atoms with E-state index in [0.29, 0.717) is 24.8 Å². The standard InChI is InChI=1S/C20H27N3O3.ClH/c1-21(2)20(24)23-6-3-4-14-11-22-7-5-13-8-18-19(26-12-25-18)9-15(13)17(22)10-16(14)23;/h8-9,14,16-17H,3-7,10-12H2,1-2H3;1H/t14-,16+,17+;/m1./s1. The number of urea groups is 1. The molecule has 6 nitrogen and oxygen atoms in total. The lowest BCUT2D eigenvalue weighted by atomic mass is 9.76. The molecule has 4 aliphatic rings. The van der Waals surface area contributed by atoms with Gasteiger partial charge in [-0.3, -0.25) is 4.90 Å². The average molecular weight is 394 g/mol. The number of ether oxygens (including phenoxy) is 2. The van der Waals surface area contributed by atoms with Gasteiger partial charge in [0.05, 0.1) is 0 Å². The highest BCUT2D eigenvalue weighted by Crippen LogP contribution is 2.46. The van der Waals surface area contributed by atoms with E-state index in [1.807, 2.05) is 14.1 Å². The Morgan fingerprint density at radius 1 is 1.19 bits per heavy atom. The molecule has 1 aromatic carbocycles. The molecule has 2 fully saturated rings. The smallest absolute Gasteiger partial charge is 0.319 e. The summed E-state index contributed by atoms with van der Waals surface area (Å²) in [5, 5.41) is 0. The van der Waals surface area contributed by atoms with E-state index in [0.717, 1.165) is 50.4 Å². The fourth-order valence-electron chi connectivity index (χ4n) is 5.33. The lowest BCUT2D eigenvalue weighted by molar-refractivity contribution is 0.00106. The number of halogens is 1. The Labute approximate surface area is 166 Å². The molecule has 0 bridgehead atoms. The molecule has 27 heavy (non-hydrogen) atoms. The number of piperidine rings is 2. The van der Waals surface area contributed by atoms with Crippen LogP contribution in [0.15, 0.2) is 12.1 Å². The minimum absolute atomic E-state index is 0. The lowest BCUT2D eigenvalue weighted by Gasteiger charge is -2.52. The van der Waals surface area contributed by atoms with Crippen LogP contribution in [0.25, 0.3) is 0 Å². The van der Waals surface area contributed by atoms with Crippen molar-refractivity contribution in [2.45, 2.75) is 37.8 Å². The average Bonchev–Trinajstić information content (AvgIpc) is 3.11. The summed E-state index contributed by atoms with van der Waals surface area (Å²) in [4.78, 5) is 19.2. The van der Waals surface area contributed by atoms with Crippen LogP contribution >= 0.6 is 12.4 Å². The highest BCUT2D eigenvalue weighted by Gasteiger charge is 2.44. The predicted molar refractivity (Wildman–Crippen MR) is 105 cm³/mol. The molecular formula is C20H28ClN3O3. The number of nitrogens with zero attached hydrogens (tertiary/aromatic N) is 3. The molecule has 0 spiro atoms. The third-order valence-electron chi connectivity index (χ3n) is 6.58. The van der Waals surface area contributed by atoms with Crippen LogP contribution in [0.3, 0.4) is 0 Å². The summed E-state index contributed by atoms with van der Waals surface area (Å²) >= 11 is 0. The quantitative estimate of drug-likeness (QED) is 0.680. The number of likely N-dealkylation sites (tertiary alicyclic amines) is 1. The van der Waals surface area contributed by atoms with Gasteiger partial charge in [0.15, 0.2) is 11.5 Å². The van der Waals surface area contributed by atoms with Crippen LogP contribution in [0.4, 0.5) is 4.79 Å². The highest BCUT2D eigenvalue weighted by molar-refractivity contribution is 5.85. The van der Waals surface area contributed by atoms with Crippen LogP contribution in [0.5, 0.6) is 11.5 Å². The molecule has 148 valence electrons. The van der Waals surface area contributed by atoms with Crippen LogP contribution in [0, 0.1) is 5.92 Å². The van der Waals surface area contributed by atoms with Gasteiger partial charge in [-0.25, -0.2) is 4.79 Å². The fraction of sp³-hybridized carbons (Fsp3) is 0.650. The Kier molecular flexibility index (Phi) is 4.89. The number of carbonyl (C=O) groups is 1. The fourth-order valence-corrected chi connectivity index (χ4v) is 5.33. The molecule has 0 saturated carbocycles. The van der Waals surface area contributed by atoms with Crippen LogP contribution in [-0.4, -0.2) is 67.3 Å². The van der Waals surface area contributed by atoms with Gasteiger partial charge in [0.1, 0.15) is 0 Å². The van der Waals surface area contributed by atoms with E-state index in [-0.39, 0.29) is 18.4 Å². The Hall–Kier alpha value is -1.66. The molecule has 7 heteroatoms. The van der Waals surface area contributed by atoms with E-state index < -0.39 is 0 Å². The summed E-state index contributed by atoms with van der Waals surface area (Å²) in [6.07, 6.45) is 4.45. The van der Waals surface area contributed by atoms with Crippen molar-refractivity contribution in [2.24, 2.45) is 5.92 Å². The molecule has 0 N–H and O–H groups in total. The first-order valence-electron chi connectivity index (χ1n) is 9.76. The summed E-state index contributed by atoms with van der Waals surface area (Å²) < 4.78 is 11.2. The first kappa shape index (κ1) is 18.7. The molecule has 2 saturated heterocycles. The van der Waals surface area contributed by atoms with Gasteiger partial charge in [0, 0.05) is 45.8 Å². The van der Waals surface area contributed by atoms with Crippen molar-refractivity contribution < 1.29 is 14.3 Å². The zero-order valence-corrected chi connectivity index (χ0v) is 16.8. The summed E-state index contributed by atoms with van der Waals surface area (Å²) in [6, 6.07) is 5.25. The van der Waals surface area contributed by atoms with E-state index in [4.69, 9.17) is 9.47 Å². The third kappa shape index (κ3) is 3.03. The van der Waals surface area contributed by atoms with Gasteiger partial charge in [0.25, 0.3) is 0 Å². The second-order valence-corrected chi connectivity index (χ2v) is 8.24. The first-order chi connectivity index (χ1) is 12.6. The van der Waals surface area contributed by atoms with Gasteiger partial charge in [-0.15, -0.1) is 12.4 Å². The monoisotopic (exact) mass is 393 g/mol. The van der Waals surface area contributed by atoms with Crippen molar-refractivity contribution in [3.8, 4) is 11.5 Å². The summed E-state index contributed by atoms with van der Waals surface area (Å²) in [5.74, 6) is 2.35. The molecule has 0 unspecified atom stereocenters. The van der Waals surface area contributed by atoms with Gasteiger partial charge in [-0.05, 0) is 54.9 Å². The van der Waals surface area contributed by atoms with Crippen molar-refractivity contribution in [2.75, 3.05) is 40.5 Å². The predicted octanol–water partition coefficient (Wildman–Crippen LogP) is 2.90. The number of rotatable bonds is 0. The van der Waals surface area contributed by atoms with E-state index in [9.17, 15) is 4.79 Å². The van der Waals surface area contributed by atoms with Crippen molar-refractivity contribution in [1.29, 1.82) is 0 Å². The molecular weight excluding hydrogens is 366 g/mol. The summed E-state index contributed by atoms with van der Waals surface area (Å²) in [7, 11) is 3.72. The van der Waals surface area contributed by atoms with E-state index >= 15 is 0 Å². The first-order valence-corrected chi connectivity index (χ1v) is 9.76. The van der Waals surface area contributed by atoms with Crippen molar-refractivity contribution in [3.05, 3.63) is 23.3 Å². The van der Waals surface area contributed by atoms with Crippen LogP contribution < -0.4 is 9.47 Å². The normalized spacial score (nSPS) is 28.5. The van der Waals surface area contributed by atoms with Gasteiger partial charge in [-0.2, -0.15) is 0 Å². The number of amides is 2. The molecule has 5 rings (SSSR count). The maximum Gasteiger partial charge on any atom is 0.319 e. The van der Waals surface area contributed by atoms with Crippen molar-refractivity contribution in [1.82, 2.24) is 14.7 Å². The Balaban J connectivity index is 0.00000180. The number of hydrogen-bond donors (Lipinski definition) is 0. The van der Waals surface area contributed by atoms with E-state index in [1.165, 1.54) is 17.5 Å². The number of benzene rings is 1. The minimum atomic E-state index is 0. The molecule has 4 aliphatic heterocycles. The molecule has 0 radical (unpaired) electrons. The van der Waals surface area contributed by atoms with Gasteiger partial charge in [-0.1, -0.05) is 0 Å². The minimum Gasteiger partial charge on any atom is -0.454 e. The molecule has 1 aromatic rings. The number of hydrogen-bond acceptors (Lipinski definition) is 4. The Morgan fingerprint density at radius 2 is 1.96 bits per heavy atom. The molecule has 3 atom stereocenters. The number of fused-ring (bicyclic) bond motifs is 5. The maximum atomic E-state index is 12.7. The third-order valence-corrected chi connectivity index (χ3v) is 6.58. The Bertz CT molecular complexity index is 741. The molecule has 0 aliphatic carbocycles. The van der Waals surface area contributed by atoms with E-state index in [1.54, 1.807) is 4.90 Å². The largest absolute Gasteiger partial charge is 0.454 e. The second-order valence-electron chi connectivity index (χ2n) is 8.24. The lowest BCUT2D eigenvalue weighted by Crippen LogP contribution is -2.59. The molecule has 2 amide bonds. The maximum absolute atomic E-state index is 12.7.